The highest BCUT2D eigenvalue weighted by Crippen LogP contribution is 2.26. The molecule has 0 saturated heterocycles. The van der Waals surface area contributed by atoms with Crippen LogP contribution in [0.2, 0.25) is 0 Å². The lowest BCUT2D eigenvalue weighted by Crippen LogP contribution is -1.95. The molecule has 1 heterocycles. The molecule has 0 aliphatic carbocycles. The average Bonchev–Trinajstić information content (AvgIpc) is 2.55. The van der Waals surface area contributed by atoms with Gasteiger partial charge in [-0.05, 0) is 31.4 Å². The molecule has 0 unspecified atom stereocenters. The van der Waals surface area contributed by atoms with Gasteiger partial charge in [0.05, 0.1) is 5.52 Å². The maximum Gasteiger partial charge on any atom is 0.126 e. The van der Waals surface area contributed by atoms with Crippen LogP contribution in [0.5, 0.6) is 0 Å². The Labute approximate surface area is 86.1 Å². The van der Waals surface area contributed by atoms with Gasteiger partial charge < -0.3 is 0 Å². The molecule has 4 heteroatoms. The number of benzene rings is 1. The maximum absolute atomic E-state index is 13.0. The van der Waals surface area contributed by atoms with Gasteiger partial charge in [0.1, 0.15) is 10.8 Å². The lowest BCUT2D eigenvalue weighted by atomic mass is 10.2. The van der Waals surface area contributed by atoms with Crippen molar-refractivity contribution < 1.29 is 4.39 Å². The summed E-state index contributed by atoms with van der Waals surface area (Å²) >= 11 is 1.54. The van der Waals surface area contributed by atoms with Crippen LogP contribution in [0.25, 0.3) is 10.9 Å². The zero-order valence-electron chi connectivity index (χ0n) is 8.12. The van der Waals surface area contributed by atoms with E-state index in [1.807, 2.05) is 17.9 Å². The Kier molecular flexibility index (Phi) is 2.46. The zero-order chi connectivity index (χ0) is 10.1. The molecule has 0 amide bonds. The molecular weight excluding hydrogens is 199 g/mol. The van der Waals surface area contributed by atoms with Crippen molar-refractivity contribution in [3.05, 3.63) is 24.0 Å². The van der Waals surface area contributed by atoms with Crippen molar-refractivity contribution in [3.8, 4) is 0 Å². The van der Waals surface area contributed by atoms with E-state index in [4.69, 9.17) is 0 Å². The number of hydrogen-bond acceptors (Lipinski definition) is 2. The molecule has 1 aromatic heterocycles. The number of aryl methyl sites for hydroxylation is 1. The van der Waals surface area contributed by atoms with Gasteiger partial charge in [-0.15, -0.1) is 11.8 Å². The number of hydrogen-bond donors (Lipinski definition) is 0. The van der Waals surface area contributed by atoms with Gasteiger partial charge in [0, 0.05) is 11.9 Å². The molecule has 0 N–H and O–H groups in total. The molecule has 2 rings (SSSR count). The van der Waals surface area contributed by atoms with Crippen LogP contribution in [0.15, 0.2) is 23.2 Å². The van der Waals surface area contributed by atoms with Gasteiger partial charge in [0.15, 0.2) is 0 Å². The molecule has 0 bridgehead atoms. The Hall–Kier alpha value is -1.03. The standard InChI is InChI=1S/C10H11FN2S/c1-3-13-9-5-4-7(11)6-8(9)10(12-13)14-2/h4-6H,3H2,1-2H3. The molecule has 0 aliphatic heterocycles. The van der Waals surface area contributed by atoms with Gasteiger partial charge in [-0.2, -0.15) is 5.10 Å². The molecule has 1 aromatic carbocycles. The third-order valence-corrected chi connectivity index (χ3v) is 2.86. The molecule has 0 fully saturated rings. The van der Waals surface area contributed by atoms with E-state index in [0.29, 0.717) is 0 Å². The number of halogens is 1. The molecule has 0 radical (unpaired) electrons. The number of rotatable bonds is 2. The quantitative estimate of drug-likeness (QED) is 0.709. The Morgan fingerprint density at radius 2 is 2.29 bits per heavy atom. The van der Waals surface area contributed by atoms with E-state index in [0.717, 1.165) is 22.5 Å². The summed E-state index contributed by atoms with van der Waals surface area (Å²) in [7, 11) is 0. The van der Waals surface area contributed by atoms with Gasteiger partial charge >= 0.3 is 0 Å². The van der Waals surface area contributed by atoms with Crippen LogP contribution in [0.4, 0.5) is 4.39 Å². The molecule has 14 heavy (non-hydrogen) atoms. The van der Waals surface area contributed by atoms with E-state index in [9.17, 15) is 4.39 Å². The van der Waals surface area contributed by atoms with Gasteiger partial charge in [-0.1, -0.05) is 0 Å². The first-order chi connectivity index (χ1) is 6.76. The minimum absolute atomic E-state index is 0.205. The molecule has 0 aliphatic rings. The van der Waals surface area contributed by atoms with Crippen molar-refractivity contribution >= 4 is 22.7 Å². The van der Waals surface area contributed by atoms with Gasteiger partial charge in [0.2, 0.25) is 0 Å². The summed E-state index contributed by atoms with van der Waals surface area (Å²) in [6.45, 7) is 2.84. The summed E-state index contributed by atoms with van der Waals surface area (Å²) in [6.07, 6.45) is 1.95. The van der Waals surface area contributed by atoms with E-state index in [-0.39, 0.29) is 5.82 Å². The topological polar surface area (TPSA) is 17.8 Å². The molecule has 74 valence electrons. The molecule has 0 atom stereocenters. The van der Waals surface area contributed by atoms with Crippen molar-refractivity contribution in [3.63, 3.8) is 0 Å². The summed E-state index contributed by atoms with van der Waals surface area (Å²) in [5.41, 5.74) is 0.998. The summed E-state index contributed by atoms with van der Waals surface area (Å²) < 4.78 is 14.9. The SMILES string of the molecule is CCn1nc(SC)c2cc(F)ccc21. The zero-order valence-corrected chi connectivity index (χ0v) is 8.94. The third kappa shape index (κ3) is 1.39. The molecular formula is C10H11FN2S. The van der Waals surface area contributed by atoms with Crippen molar-refractivity contribution in [1.82, 2.24) is 9.78 Å². The molecule has 2 aromatic rings. The summed E-state index contributed by atoms with van der Waals surface area (Å²) in [5.74, 6) is -0.205. The van der Waals surface area contributed by atoms with Gasteiger partial charge in [0.25, 0.3) is 0 Å². The highest BCUT2D eigenvalue weighted by molar-refractivity contribution is 7.98. The van der Waals surface area contributed by atoms with E-state index in [2.05, 4.69) is 5.10 Å². The third-order valence-electron chi connectivity index (χ3n) is 2.17. The van der Waals surface area contributed by atoms with E-state index in [1.165, 1.54) is 6.07 Å². The monoisotopic (exact) mass is 210 g/mol. The van der Waals surface area contributed by atoms with Crippen LogP contribution in [0, 0.1) is 5.82 Å². The highest BCUT2D eigenvalue weighted by Gasteiger charge is 2.08. The van der Waals surface area contributed by atoms with Crippen LogP contribution >= 0.6 is 11.8 Å². The van der Waals surface area contributed by atoms with E-state index in [1.54, 1.807) is 23.9 Å². The van der Waals surface area contributed by atoms with Gasteiger partial charge in [-0.25, -0.2) is 4.39 Å². The normalized spacial score (nSPS) is 11.1. The van der Waals surface area contributed by atoms with E-state index >= 15 is 0 Å². The predicted octanol–water partition coefficient (Wildman–Crippen LogP) is 2.92. The van der Waals surface area contributed by atoms with Crippen LogP contribution in [0.1, 0.15) is 6.92 Å². The van der Waals surface area contributed by atoms with E-state index < -0.39 is 0 Å². The lowest BCUT2D eigenvalue weighted by molar-refractivity contribution is 0.629. The number of fused-ring (bicyclic) bond motifs is 1. The largest absolute Gasteiger partial charge is 0.264 e. The second kappa shape index (κ2) is 3.61. The first-order valence-electron chi connectivity index (χ1n) is 4.46. The van der Waals surface area contributed by atoms with Crippen LogP contribution in [-0.4, -0.2) is 16.0 Å². The smallest absolute Gasteiger partial charge is 0.126 e. The molecule has 0 spiro atoms. The fraction of sp³-hybridized carbons (Fsp3) is 0.300. The minimum atomic E-state index is -0.205. The Bertz CT molecular complexity index is 464. The fourth-order valence-electron chi connectivity index (χ4n) is 1.51. The fourth-order valence-corrected chi connectivity index (χ4v) is 2.08. The van der Waals surface area contributed by atoms with Crippen LogP contribution in [0.3, 0.4) is 0 Å². The average molecular weight is 210 g/mol. The highest BCUT2D eigenvalue weighted by atomic mass is 32.2. The Morgan fingerprint density at radius 1 is 1.50 bits per heavy atom. The lowest BCUT2D eigenvalue weighted by Gasteiger charge is -1.96. The van der Waals surface area contributed by atoms with Crippen molar-refractivity contribution in [1.29, 1.82) is 0 Å². The summed E-state index contributed by atoms with van der Waals surface area (Å²) in [4.78, 5) is 0. The maximum atomic E-state index is 13.0. The second-order valence-corrected chi connectivity index (χ2v) is 3.78. The van der Waals surface area contributed by atoms with Crippen LogP contribution in [-0.2, 0) is 6.54 Å². The first kappa shape index (κ1) is 9.52. The van der Waals surface area contributed by atoms with Crippen molar-refractivity contribution in [2.45, 2.75) is 18.5 Å². The van der Waals surface area contributed by atoms with Crippen molar-refractivity contribution in [2.75, 3.05) is 6.26 Å². The molecule has 2 nitrogen and oxygen atoms in total. The summed E-state index contributed by atoms with van der Waals surface area (Å²) in [6, 6.07) is 4.79. The second-order valence-electron chi connectivity index (χ2n) is 2.99. The van der Waals surface area contributed by atoms with Gasteiger partial charge in [-0.3, -0.25) is 4.68 Å². The number of nitrogens with zero attached hydrogens (tertiary/aromatic N) is 2. The van der Waals surface area contributed by atoms with Crippen molar-refractivity contribution in [2.24, 2.45) is 0 Å². The molecule has 0 saturated carbocycles. The predicted molar refractivity (Wildman–Crippen MR) is 57.1 cm³/mol. The number of aromatic nitrogens is 2. The Balaban J connectivity index is 2.75. The Morgan fingerprint density at radius 3 is 2.93 bits per heavy atom. The van der Waals surface area contributed by atoms with Crippen LogP contribution < -0.4 is 0 Å². The minimum Gasteiger partial charge on any atom is -0.264 e. The number of thioether (sulfide) groups is 1. The summed E-state index contributed by atoms with van der Waals surface area (Å²) in [5, 5.41) is 6.17. The first-order valence-corrected chi connectivity index (χ1v) is 5.68.